The lowest BCUT2D eigenvalue weighted by atomic mass is 9.81. The Morgan fingerprint density at radius 1 is 0.933 bits per heavy atom. The number of anilines is 2. The van der Waals surface area contributed by atoms with Crippen molar-refractivity contribution in [2.75, 3.05) is 42.6 Å². The van der Waals surface area contributed by atoms with Gasteiger partial charge in [0.2, 0.25) is 5.91 Å². The van der Waals surface area contributed by atoms with E-state index in [9.17, 15) is 32.3 Å². The van der Waals surface area contributed by atoms with Crippen molar-refractivity contribution in [3.63, 3.8) is 0 Å². The fourth-order valence-electron chi connectivity index (χ4n) is 6.86. The van der Waals surface area contributed by atoms with E-state index < -0.39 is 35.8 Å². The van der Waals surface area contributed by atoms with Crippen molar-refractivity contribution < 1.29 is 46.9 Å². The van der Waals surface area contributed by atoms with Crippen LogP contribution in [-0.2, 0) is 30.3 Å². The van der Waals surface area contributed by atoms with E-state index >= 15 is 0 Å². The van der Waals surface area contributed by atoms with Crippen LogP contribution in [0.5, 0.6) is 0 Å². The Kier molecular flexibility index (Phi) is 14.9. The number of morpholine rings is 1. The lowest BCUT2D eigenvalue weighted by Crippen LogP contribution is -2.50. The molecular weight excluding hydrogens is 787 g/mol. The maximum atomic E-state index is 14.2. The highest BCUT2D eigenvalue weighted by atomic mass is 19.4. The van der Waals surface area contributed by atoms with Gasteiger partial charge in [-0.3, -0.25) is 24.6 Å². The molecule has 1 aliphatic heterocycles. The Balaban J connectivity index is 0.000000896. The number of ether oxygens (including phenoxy) is 2. The average Bonchev–Trinajstić information content (AvgIpc) is 3.66. The zero-order chi connectivity index (χ0) is 43.6. The number of aromatic amines is 2. The second-order valence-corrected chi connectivity index (χ2v) is 15.6. The van der Waals surface area contributed by atoms with Crippen LogP contribution in [-0.4, -0.2) is 94.8 Å². The van der Waals surface area contributed by atoms with Gasteiger partial charge >= 0.3 is 18.2 Å². The number of rotatable bonds is 10. The van der Waals surface area contributed by atoms with Gasteiger partial charge in [0.25, 0.3) is 11.5 Å². The number of hydrogen-bond donors (Lipinski definition) is 5. The van der Waals surface area contributed by atoms with Gasteiger partial charge in [0, 0.05) is 43.4 Å². The number of amides is 3. The highest BCUT2D eigenvalue weighted by Gasteiger charge is 2.38. The van der Waals surface area contributed by atoms with Gasteiger partial charge in [-0.2, -0.15) is 13.2 Å². The molecule has 6 N–H and O–H groups in total. The second kappa shape index (κ2) is 19.8. The lowest BCUT2D eigenvalue weighted by molar-refractivity contribution is -0.192. The van der Waals surface area contributed by atoms with Gasteiger partial charge in [0.1, 0.15) is 11.4 Å². The Hall–Kier alpha value is -6.01. The Bertz CT molecular complexity index is 2120. The number of carbonyl (C=O) groups is 4. The number of pyridine rings is 1. The van der Waals surface area contributed by atoms with E-state index in [2.05, 4.69) is 31.5 Å². The third-order valence-corrected chi connectivity index (χ3v) is 9.99. The molecule has 0 radical (unpaired) electrons. The second-order valence-electron chi connectivity index (χ2n) is 15.6. The minimum atomic E-state index is -5.08. The molecule has 4 aromatic rings. The number of H-pyrrole nitrogens is 2. The Morgan fingerprint density at radius 2 is 1.53 bits per heavy atom. The summed E-state index contributed by atoms with van der Waals surface area (Å²) in [5.41, 5.74) is 10.3. The fourth-order valence-corrected chi connectivity index (χ4v) is 6.86. The molecule has 18 heteroatoms. The summed E-state index contributed by atoms with van der Waals surface area (Å²) in [6.45, 7) is 8.95. The molecule has 0 unspecified atom stereocenters. The number of nitrogens with one attached hydrogen (secondary N) is 3. The molecule has 1 aliphatic carbocycles. The first kappa shape index (κ1) is 45.1. The number of carbonyl (C=O) groups excluding carboxylic acids is 3. The molecule has 0 bridgehead atoms. The molecule has 15 nitrogen and oxygen atoms in total. The summed E-state index contributed by atoms with van der Waals surface area (Å²) < 4.78 is 42.5. The number of carboxylic acid groups (broad SMARTS) is 1. The predicted molar refractivity (Wildman–Crippen MR) is 217 cm³/mol. The van der Waals surface area contributed by atoms with Gasteiger partial charge in [0.05, 0.1) is 30.6 Å². The minimum Gasteiger partial charge on any atom is -0.475 e. The SMILES string of the molecule is CC(C)(C)OC(=O)NC[C@H]1CC[C@H](C(=O)N(C(=O)[C@@H](N)Cc2ccc(-c3ccc(N4CCOCC4)nc3)cc2)c2ccc(-c3cc(=O)[nH][nH]3)cc2)CC1.O=C(O)C(F)(F)F. The van der Waals surface area contributed by atoms with Crippen LogP contribution >= 0.6 is 0 Å². The number of alkyl carbamates (subject to hydrolysis) is 1. The van der Waals surface area contributed by atoms with Gasteiger partial charge in [-0.15, -0.1) is 0 Å². The number of nitrogens with zero attached hydrogens (tertiary/aromatic N) is 3. The highest BCUT2D eigenvalue weighted by Crippen LogP contribution is 2.32. The van der Waals surface area contributed by atoms with Crippen LogP contribution in [0.25, 0.3) is 22.4 Å². The van der Waals surface area contributed by atoms with Gasteiger partial charge in [-0.25, -0.2) is 19.5 Å². The van der Waals surface area contributed by atoms with E-state index in [0.29, 0.717) is 44.0 Å². The maximum Gasteiger partial charge on any atom is 0.490 e. The predicted octanol–water partition coefficient (Wildman–Crippen LogP) is 5.66. The summed E-state index contributed by atoms with van der Waals surface area (Å²) in [6.07, 6.45) is -0.852. The average molecular weight is 838 g/mol. The smallest absolute Gasteiger partial charge is 0.475 e. The van der Waals surface area contributed by atoms with E-state index in [-0.39, 0.29) is 29.7 Å². The molecule has 2 aromatic heterocycles. The molecule has 1 saturated heterocycles. The highest BCUT2D eigenvalue weighted by molar-refractivity contribution is 6.17. The summed E-state index contributed by atoms with van der Waals surface area (Å²) in [4.78, 5) is 69.2. The van der Waals surface area contributed by atoms with Crippen LogP contribution in [0.4, 0.5) is 29.5 Å². The molecule has 2 aromatic carbocycles. The minimum absolute atomic E-state index is 0.197. The number of imide groups is 1. The molecule has 2 fully saturated rings. The summed E-state index contributed by atoms with van der Waals surface area (Å²) in [6, 6.07) is 19.3. The van der Waals surface area contributed by atoms with Crippen LogP contribution in [0.15, 0.2) is 77.7 Å². The number of carboxylic acids is 1. The van der Waals surface area contributed by atoms with Gasteiger partial charge in [-0.1, -0.05) is 36.4 Å². The van der Waals surface area contributed by atoms with Gasteiger partial charge < -0.3 is 30.5 Å². The van der Waals surface area contributed by atoms with Crippen molar-refractivity contribution in [2.24, 2.45) is 17.6 Å². The van der Waals surface area contributed by atoms with E-state index in [1.807, 2.05) is 57.3 Å². The Morgan fingerprint density at radius 3 is 2.07 bits per heavy atom. The molecule has 1 saturated carbocycles. The first-order valence-corrected chi connectivity index (χ1v) is 19.5. The molecule has 1 atom stereocenters. The van der Waals surface area contributed by atoms with Crippen molar-refractivity contribution in [1.82, 2.24) is 20.5 Å². The maximum absolute atomic E-state index is 14.2. The van der Waals surface area contributed by atoms with Crippen molar-refractivity contribution >= 4 is 35.4 Å². The van der Waals surface area contributed by atoms with Crippen LogP contribution in [0.3, 0.4) is 0 Å². The third-order valence-electron chi connectivity index (χ3n) is 9.99. The van der Waals surface area contributed by atoms with Crippen LogP contribution < -0.4 is 26.4 Å². The lowest BCUT2D eigenvalue weighted by Gasteiger charge is -2.32. The molecule has 322 valence electrons. The number of aliphatic carboxylic acids is 1. The molecule has 2 aliphatic rings. The zero-order valence-corrected chi connectivity index (χ0v) is 33.6. The molecule has 60 heavy (non-hydrogen) atoms. The normalized spacial score (nSPS) is 17.4. The Labute approximate surface area is 344 Å². The quantitative estimate of drug-likeness (QED) is 0.131. The zero-order valence-electron chi connectivity index (χ0n) is 33.6. The summed E-state index contributed by atoms with van der Waals surface area (Å²) in [5.74, 6) is -2.80. The fraction of sp³-hybridized carbons (Fsp3) is 0.429. The number of benzene rings is 2. The summed E-state index contributed by atoms with van der Waals surface area (Å²) in [5, 5.41) is 15.3. The largest absolute Gasteiger partial charge is 0.490 e. The summed E-state index contributed by atoms with van der Waals surface area (Å²) >= 11 is 0. The van der Waals surface area contributed by atoms with Crippen LogP contribution in [0.2, 0.25) is 0 Å². The number of nitrogens with two attached hydrogens (primary N) is 1. The van der Waals surface area contributed by atoms with Crippen molar-refractivity contribution in [1.29, 1.82) is 0 Å². The third kappa shape index (κ3) is 12.7. The molecule has 3 heterocycles. The first-order valence-electron chi connectivity index (χ1n) is 19.5. The van der Waals surface area contributed by atoms with Gasteiger partial charge in [-0.05, 0) is 99.7 Å². The van der Waals surface area contributed by atoms with E-state index in [4.69, 9.17) is 25.1 Å². The standard InChI is InChI=1S/C40H49N7O6.C2HF3O2/c1-40(2,3)53-39(51)43-24-27-6-10-30(11-7-27)37(49)47(32-15-12-29(13-16-32)34-23-36(48)45-44-34)38(50)33(41)22-26-4-8-28(9-5-26)31-14-17-35(42-25-31)46-18-20-52-21-19-46;3-2(4,5)1(6)7/h4-5,8-9,12-17,23,25,27,30,33H,6-7,10-11,18-22,24,41H2,1-3H3,(H,43,51)(H2,44,45,48);(H,6,7)/t27-,30-,33-;/m0./s1. The first-order chi connectivity index (χ1) is 28.4. The molecular formula is C42H50F3N7O8. The van der Waals surface area contributed by atoms with Crippen LogP contribution in [0.1, 0.15) is 52.0 Å². The number of halogens is 3. The van der Waals surface area contributed by atoms with Gasteiger partial charge in [0.15, 0.2) is 0 Å². The summed E-state index contributed by atoms with van der Waals surface area (Å²) in [7, 11) is 0. The van der Waals surface area contributed by atoms with Crippen molar-refractivity contribution in [2.45, 2.75) is 70.7 Å². The van der Waals surface area contributed by atoms with Crippen molar-refractivity contribution in [3.05, 3.63) is 88.8 Å². The van der Waals surface area contributed by atoms with Crippen molar-refractivity contribution in [3.8, 4) is 22.4 Å². The monoisotopic (exact) mass is 837 g/mol. The van der Waals surface area contributed by atoms with E-state index in [1.54, 1.807) is 24.3 Å². The van der Waals surface area contributed by atoms with E-state index in [1.165, 1.54) is 11.0 Å². The molecule has 3 amide bonds. The van der Waals surface area contributed by atoms with Crippen LogP contribution in [0, 0.1) is 11.8 Å². The molecule has 0 spiro atoms. The molecule has 6 rings (SSSR count). The number of hydrogen-bond acceptors (Lipinski definition) is 10. The van der Waals surface area contributed by atoms with E-state index in [0.717, 1.165) is 54.0 Å². The topological polar surface area (TPSA) is 213 Å². The number of alkyl halides is 3. The number of aromatic nitrogens is 3.